The minimum Gasteiger partial charge on any atom is -0.490 e. The standard InChI is InChI=1S/C42H64O13/c1-20-14-25(19-47-20)34-30(45)18-42-40(34,7)12-10-31-39(6)11-9-27(15-26(39)8-13-41(31,42)55-42)52-32-17-29(44)37(24(5)49-32)54-38-50-22(3)36(23(4)51-38)53-33-16-28(43)35(46)21(2)48-33/h14,21-24,26-38,43-46H,1,8-13,15-19H2,2-7H3/t21?,22?,23?,24?,26-,27?,28?,29?,30?,31?,32-,33?,34?,35?,36?,37+,38?,39-,40-,41?,42+/m1/s1. The lowest BCUT2D eigenvalue weighted by atomic mass is 9.44. The molecule has 4 saturated carbocycles. The molecule has 310 valence electrons. The molecule has 13 nitrogen and oxygen atoms in total. The van der Waals surface area contributed by atoms with E-state index in [1.165, 1.54) is 5.57 Å². The fraction of sp³-hybridized carbons (Fsp3) is 0.905. The van der Waals surface area contributed by atoms with Crippen molar-refractivity contribution in [2.75, 3.05) is 6.61 Å². The molecule has 0 amide bonds. The van der Waals surface area contributed by atoms with Gasteiger partial charge in [0.1, 0.15) is 41.9 Å². The predicted molar refractivity (Wildman–Crippen MR) is 195 cm³/mol. The first kappa shape index (κ1) is 39.3. The molecule has 4 saturated heterocycles. The number of rotatable bonds is 7. The molecule has 8 fully saturated rings. The molecule has 5 heterocycles. The number of ether oxygens (including phenoxy) is 9. The second-order valence-electron chi connectivity index (χ2n) is 19.1. The zero-order valence-corrected chi connectivity index (χ0v) is 33.3. The topological polar surface area (TPSA) is 167 Å². The Labute approximate surface area is 324 Å². The lowest BCUT2D eigenvalue weighted by Crippen LogP contribution is -2.59. The second kappa shape index (κ2) is 13.9. The quantitative estimate of drug-likeness (QED) is 0.217. The number of epoxide rings is 1. The van der Waals surface area contributed by atoms with E-state index in [9.17, 15) is 20.4 Å². The Balaban J connectivity index is 0.777. The molecule has 55 heavy (non-hydrogen) atoms. The van der Waals surface area contributed by atoms with Crippen molar-refractivity contribution in [2.45, 2.75) is 203 Å². The van der Waals surface area contributed by atoms with Crippen molar-refractivity contribution in [3.8, 4) is 0 Å². The summed E-state index contributed by atoms with van der Waals surface area (Å²) in [5.74, 6) is 1.70. The van der Waals surface area contributed by atoms with Crippen LogP contribution in [0.3, 0.4) is 0 Å². The Bertz CT molecular complexity index is 1470. The van der Waals surface area contributed by atoms with Gasteiger partial charge in [0.15, 0.2) is 12.6 Å². The minimum atomic E-state index is -1.03. The van der Waals surface area contributed by atoms with E-state index in [-0.39, 0.29) is 46.9 Å². The van der Waals surface area contributed by atoms with E-state index in [0.29, 0.717) is 30.6 Å². The van der Waals surface area contributed by atoms with Gasteiger partial charge in [0.25, 0.3) is 6.48 Å². The fourth-order valence-electron chi connectivity index (χ4n) is 13.3. The summed E-state index contributed by atoms with van der Waals surface area (Å²) in [4.78, 5) is 0. The number of allylic oxidation sites excluding steroid dienone is 1. The van der Waals surface area contributed by atoms with Gasteiger partial charge in [0, 0.05) is 30.6 Å². The van der Waals surface area contributed by atoms with E-state index in [1.54, 1.807) is 6.92 Å². The summed E-state index contributed by atoms with van der Waals surface area (Å²) in [7, 11) is 0. The first-order valence-corrected chi connectivity index (χ1v) is 21.1. The predicted octanol–water partition coefficient (Wildman–Crippen LogP) is 3.98. The normalized spacial score (nSPS) is 57.5. The van der Waals surface area contributed by atoms with E-state index in [4.69, 9.17) is 42.6 Å². The van der Waals surface area contributed by atoms with Crippen LogP contribution in [0.25, 0.3) is 0 Å². The molecule has 0 aromatic carbocycles. The average molecular weight is 777 g/mol. The van der Waals surface area contributed by atoms with Crippen LogP contribution in [0.2, 0.25) is 0 Å². The number of aliphatic hydroxyl groups excluding tert-OH is 4. The van der Waals surface area contributed by atoms with Crippen LogP contribution in [0.1, 0.15) is 106 Å². The first-order chi connectivity index (χ1) is 26.1. The van der Waals surface area contributed by atoms with E-state index in [1.807, 2.05) is 26.8 Å². The zero-order valence-electron chi connectivity index (χ0n) is 33.3. The number of fused-ring (bicyclic) bond motifs is 2. The van der Waals surface area contributed by atoms with E-state index in [2.05, 4.69) is 20.4 Å². The third-order valence-electron chi connectivity index (χ3n) is 16.1. The zero-order chi connectivity index (χ0) is 38.8. The Kier molecular flexibility index (Phi) is 9.96. The highest BCUT2D eigenvalue weighted by Gasteiger charge is 2.87. The monoisotopic (exact) mass is 776 g/mol. The van der Waals surface area contributed by atoms with Gasteiger partial charge in [-0.25, -0.2) is 0 Å². The van der Waals surface area contributed by atoms with Crippen LogP contribution in [0.15, 0.2) is 24.0 Å². The molecule has 0 aromatic rings. The van der Waals surface area contributed by atoms with Crippen LogP contribution in [-0.2, 0) is 42.6 Å². The van der Waals surface area contributed by atoms with Crippen molar-refractivity contribution >= 4 is 0 Å². The van der Waals surface area contributed by atoms with Gasteiger partial charge in [-0.1, -0.05) is 20.4 Å². The number of hydrogen-bond donors (Lipinski definition) is 4. The smallest absolute Gasteiger partial charge is 0.272 e. The maximum atomic E-state index is 11.5. The van der Waals surface area contributed by atoms with Crippen molar-refractivity contribution in [2.24, 2.45) is 28.6 Å². The first-order valence-electron chi connectivity index (χ1n) is 21.1. The highest BCUT2D eigenvalue weighted by atomic mass is 16.9. The highest BCUT2D eigenvalue weighted by molar-refractivity contribution is 5.40. The Morgan fingerprint density at radius 2 is 1.42 bits per heavy atom. The summed E-state index contributed by atoms with van der Waals surface area (Å²) in [6.07, 6.45) is 2.89. The molecule has 9 aliphatic rings. The molecule has 9 rings (SSSR count). The molecule has 0 radical (unpaired) electrons. The van der Waals surface area contributed by atoms with Gasteiger partial charge >= 0.3 is 0 Å². The molecule has 13 heteroatoms. The van der Waals surface area contributed by atoms with Crippen molar-refractivity contribution in [1.82, 2.24) is 0 Å². The molecule has 13 unspecified atom stereocenters. The van der Waals surface area contributed by atoms with Gasteiger partial charge in [-0.15, -0.1) is 0 Å². The van der Waals surface area contributed by atoms with Crippen LogP contribution >= 0.6 is 0 Å². The van der Waals surface area contributed by atoms with Crippen molar-refractivity contribution < 1.29 is 63.1 Å². The van der Waals surface area contributed by atoms with Gasteiger partial charge in [-0.3, -0.25) is 0 Å². The van der Waals surface area contributed by atoms with Crippen molar-refractivity contribution in [3.05, 3.63) is 24.0 Å². The van der Waals surface area contributed by atoms with Crippen LogP contribution < -0.4 is 0 Å². The van der Waals surface area contributed by atoms with E-state index in [0.717, 1.165) is 44.9 Å². The summed E-state index contributed by atoms with van der Waals surface area (Å²) >= 11 is 0. The third kappa shape index (κ3) is 6.15. The molecule has 4 aliphatic carbocycles. The van der Waals surface area contributed by atoms with Crippen LogP contribution in [0.4, 0.5) is 0 Å². The van der Waals surface area contributed by atoms with Gasteiger partial charge in [0.05, 0.1) is 48.8 Å². The summed E-state index contributed by atoms with van der Waals surface area (Å²) in [6.45, 7) is 15.6. The summed E-state index contributed by atoms with van der Waals surface area (Å²) in [5, 5.41) is 43.1. The van der Waals surface area contributed by atoms with Gasteiger partial charge in [-0.05, 0) is 102 Å². The molecular weight excluding hydrogens is 712 g/mol. The number of hydrogen-bond acceptors (Lipinski definition) is 13. The lowest BCUT2D eigenvalue weighted by Gasteiger charge is -2.58. The average Bonchev–Trinajstić information content (AvgIpc) is 3.47. The lowest BCUT2D eigenvalue weighted by molar-refractivity contribution is -0.410. The minimum absolute atomic E-state index is 0.0427. The van der Waals surface area contributed by atoms with Crippen molar-refractivity contribution in [1.29, 1.82) is 0 Å². The maximum absolute atomic E-state index is 11.5. The van der Waals surface area contributed by atoms with Gasteiger partial charge in [0.2, 0.25) is 0 Å². The molecule has 0 bridgehead atoms. The molecule has 2 spiro atoms. The second-order valence-corrected chi connectivity index (χ2v) is 19.1. The largest absolute Gasteiger partial charge is 0.490 e. The highest BCUT2D eigenvalue weighted by Crippen LogP contribution is 2.81. The summed E-state index contributed by atoms with van der Waals surface area (Å²) in [6, 6.07) is 0. The van der Waals surface area contributed by atoms with Gasteiger partial charge < -0.3 is 63.1 Å². The Hall–Kier alpha value is -1.20. The Morgan fingerprint density at radius 3 is 2.11 bits per heavy atom. The number of aliphatic hydroxyl groups is 4. The summed E-state index contributed by atoms with van der Waals surface area (Å²) in [5.41, 5.74) is 0.743. The molecular formula is C42H64O13. The maximum Gasteiger partial charge on any atom is 0.272 e. The van der Waals surface area contributed by atoms with E-state index < -0.39 is 80.1 Å². The fourth-order valence-corrected chi connectivity index (χ4v) is 13.3. The molecule has 19 atom stereocenters. The summed E-state index contributed by atoms with van der Waals surface area (Å²) < 4.78 is 55.9. The van der Waals surface area contributed by atoms with Crippen LogP contribution in [0.5, 0.6) is 0 Å². The SMILES string of the molecule is C=C1C=C(C2C(O)C[C@@]34OC35CC[C@@H]3CC(O[C@@H]6CC(O)[C@@H](OC7OC(C)C(OC8CC(O)C(O)C(C)O8)C(C)O7)C(C)O6)CC[C@@]3(C)C5CC[C@]24C)CO1. The van der Waals surface area contributed by atoms with Gasteiger partial charge in [-0.2, -0.15) is 0 Å². The van der Waals surface area contributed by atoms with Crippen molar-refractivity contribution in [3.63, 3.8) is 0 Å². The molecule has 4 N–H and O–H groups in total. The van der Waals surface area contributed by atoms with Crippen LogP contribution in [-0.4, -0.2) is 124 Å². The van der Waals surface area contributed by atoms with Crippen LogP contribution in [0, 0.1) is 28.6 Å². The van der Waals surface area contributed by atoms with E-state index >= 15 is 0 Å². The molecule has 5 aliphatic heterocycles. The third-order valence-corrected chi connectivity index (χ3v) is 16.1. The Morgan fingerprint density at radius 1 is 0.727 bits per heavy atom. The molecule has 0 aromatic heterocycles.